The van der Waals surface area contributed by atoms with E-state index >= 15 is 0 Å². The molecule has 1 aromatic heterocycles. The van der Waals surface area contributed by atoms with Crippen LogP contribution in [0.3, 0.4) is 0 Å². The summed E-state index contributed by atoms with van der Waals surface area (Å²) >= 11 is 1.56. The van der Waals surface area contributed by atoms with E-state index in [1.165, 1.54) is 0 Å². The second-order valence-corrected chi connectivity index (χ2v) is 7.65. The molecule has 0 spiro atoms. The predicted octanol–water partition coefficient (Wildman–Crippen LogP) is 4.96. The summed E-state index contributed by atoms with van der Waals surface area (Å²) in [7, 11) is 1.63. The molecule has 5 nitrogen and oxygen atoms in total. The Hall–Kier alpha value is -3.25. The maximum atomic E-state index is 13.2. The summed E-state index contributed by atoms with van der Waals surface area (Å²) in [5, 5.41) is 1.30. The SMILES string of the molecule is COc1ccccc1OCCCSc1nc2ccccc2c(=O)n1-c1ccccc1. The van der Waals surface area contributed by atoms with E-state index in [9.17, 15) is 4.79 Å². The van der Waals surface area contributed by atoms with Gasteiger partial charge in [0.15, 0.2) is 16.7 Å². The Labute approximate surface area is 179 Å². The van der Waals surface area contributed by atoms with Crippen LogP contribution in [0.15, 0.2) is 88.8 Å². The summed E-state index contributed by atoms with van der Waals surface area (Å²) < 4.78 is 12.8. The van der Waals surface area contributed by atoms with Gasteiger partial charge in [-0.15, -0.1) is 0 Å². The average molecular weight is 419 g/mol. The first-order chi connectivity index (χ1) is 14.8. The van der Waals surface area contributed by atoms with Crippen molar-refractivity contribution < 1.29 is 9.47 Å². The van der Waals surface area contributed by atoms with Crippen molar-refractivity contribution in [2.45, 2.75) is 11.6 Å². The van der Waals surface area contributed by atoms with Crippen LogP contribution in [0, 0.1) is 0 Å². The van der Waals surface area contributed by atoms with E-state index in [1.54, 1.807) is 23.4 Å². The number of nitrogens with zero attached hydrogens (tertiary/aromatic N) is 2. The van der Waals surface area contributed by atoms with E-state index in [2.05, 4.69) is 0 Å². The molecule has 152 valence electrons. The highest BCUT2D eigenvalue weighted by Crippen LogP contribution is 2.26. The van der Waals surface area contributed by atoms with Crippen LogP contribution in [0.2, 0.25) is 0 Å². The fourth-order valence-corrected chi connectivity index (χ4v) is 4.08. The zero-order chi connectivity index (χ0) is 20.8. The minimum absolute atomic E-state index is 0.0560. The van der Waals surface area contributed by atoms with E-state index in [1.807, 2.05) is 78.9 Å². The van der Waals surface area contributed by atoms with Crippen molar-refractivity contribution in [3.8, 4) is 17.2 Å². The normalized spacial score (nSPS) is 10.8. The largest absolute Gasteiger partial charge is 0.493 e. The molecule has 0 unspecified atom stereocenters. The summed E-state index contributed by atoms with van der Waals surface area (Å²) in [5.74, 6) is 2.22. The lowest BCUT2D eigenvalue weighted by molar-refractivity contribution is 0.295. The van der Waals surface area contributed by atoms with Crippen molar-refractivity contribution >= 4 is 22.7 Å². The first kappa shape index (κ1) is 20.0. The average Bonchev–Trinajstić information content (AvgIpc) is 2.80. The molecule has 0 radical (unpaired) electrons. The molecule has 0 atom stereocenters. The molecule has 30 heavy (non-hydrogen) atoms. The Morgan fingerprint density at radius 1 is 0.900 bits per heavy atom. The third-order valence-electron chi connectivity index (χ3n) is 4.61. The Morgan fingerprint density at radius 3 is 2.40 bits per heavy atom. The Bertz CT molecular complexity index is 1190. The fraction of sp³-hybridized carbons (Fsp3) is 0.167. The number of rotatable bonds is 8. The van der Waals surface area contributed by atoms with Crippen LogP contribution >= 0.6 is 11.8 Å². The molecule has 0 aliphatic carbocycles. The van der Waals surface area contributed by atoms with E-state index in [0.29, 0.717) is 22.7 Å². The fourth-order valence-electron chi connectivity index (χ4n) is 3.16. The van der Waals surface area contributed by atoms with Gasteiger partial charge < -0.3 is 9.47 Å². The van der Waals surface area contributed by atoms with Crippen molar-refractivity contribution in [3.05, 3.63) is 89.2 Å². The topological polar surface area (TPSA) is 53.4 Å². The maximum absolute atomic E-state index is 13.2. The molecule has 0 N–H and O–H groups in total. The van der Waals surface area contributed by atoms with Gasteiger partial charge in [-0.25, -0.2) is 4.98 Å². The third kappa shape index (κ3) is 4.33. The van der Waals surface area contributed by atoms with Crippen molar-refractivity contribution in [2.75, 3.05) is 19.5 Å². The molecule has 0 saturated carbocycles. The van der Waals surface area contributed by atoms with Gasteiger partial charge in [0.25, 0.3) is 5.56 Å². The maximum Gasteiger partial charge on any atom is 0.266 e. The molecular weight excluding hydrogens is 396 g/mol. The molecular formula is C24H22N2O3S. The second-order valence-electron chi connectivity index (χ2n) is 6.59. The quantitative estimate of drug-likeness (QED) is 0.230. The second kappa shape index (κ2) is 9.50. The van der Waals surface area contributed by atoms with Crippen LogP contribution in [0.1, 0.15) is 6.42 Å². The number of benzene rings is 3. The highest BCUT2D eigenvalue weighted by atomic mass is 32.2. The Kier molecular flexibility index (Phi) is 6.35. The predicted molar refractivity (Wildman–Crippen MR) is 121 cm³/mol. The molecule has 0 fully saturated rings. The van der Waals surface area contributed by atoms with Gasteiger partial charge >= 0.3 is 0 Å². The van der Waals surface area contributed by atoms with Gasteiger partial charge in [0.2, 0.25) is 0 Å². The first-order valence-corrected chi connectivity index (χ1v) is 10.7. The van der Waals surface area contributed by atoms with Gasteiger partial charge in [-0.1, -0.05) is 54.2 Å². The van der Waals surface area contributed by atoms with Gasteiger partial charge in [-0.3, -0.25) is 9.36 Å². The number of aromatic nitrogens is 2. The van der Waals surface area contributed by atoms with Gasteiger partial charge in [-0.05, 0) is 42.8 Å². The van der Waals surface area contributed by atoms with Gasteiger partial charge in [0, 0.05) is 5.75 Å². The molecule has 0 saturated heterocycles. The summed E-state index contributed by atoms with van der Waals surface area (Å²) in [6.07, 6.45) is 0.806. The van der Waals surface area contributed by atoms with Crippen LogP contribution in [-0.4, -0.2) is 29.0 Å². The molecule has 3 aromatic carbocycles. The molecule has 0 bridgehead atoms. The van der Waals surface area contributed by atoms with Gasteiger partial charge in [0.05, 0.1) is 30.3 Å². The number of para-hydroxylation sites is 4. The highest BCUT2D eigenvalue weighted by molar-refractivity contribution is 7.99. The van der Waals surface area contributed by atoms with Crippen molar-refractivity contribution in [2.24, 2.45) is 0 Å². The molecule has 4 aromatic rings. The van der Waals surface area contributed by atoms with Crippen LogP contribution in [0.4, 0.5) is 0 Å². The number of fused-ring (bicyclic) bond motifs is 1. The minimum Gasteiger partial charge on any atom is -0.493 e. The number of hydrogen-bond donors (Lipinski definition) is 0. The Morgan fingerprint density at radius 2 is 1.60 bits per heavy atom. The third-order valence-corrected chi connectivity index (χ3v) is 5.63. The van der Waals surface area contributed by atoms with Crippen LogP contribution in [0.25, 0.3) is 16.6 Å². The van der Waals surface area contributed by atoms with E-state index in [4.69, 9.17) is 14.5 Å². The molecule has 0 aliphatic rings. The van der Waals surface area contributed by atoms with Crippen LogP contribution < -0.4 is 15.0 Å². The molecule has 0 aliphatic heterocycles. The lowest BCUT2D eigenvalue weighted by Gasteiger charge is -2.13. The van der Waals surface area contributed by atoms with E-state index < -0.39 is 0 Å². The standard InChI is InChI=1S/C24H22N2O3S/c1-28-21-14-7-8-15-22(21)29-16-9-17-30-24-25-20-13-6-5-12-19(20)23(27)26(24)18-10-3-2-4-11-18/h2-8,10-15H,9,16-17H2,1H3. The summed E-state index contributed by atoms with van der Waals surface area (Å²) in [5.41, 5.74) is 1.47. The smallest absolute Gasteiger partial charge is 0.266 e. The monoisotopic (exact) mass is 418 g/mol. The van der Waals surface area contributed by atoms with Crippen molar-refractivity contribution in [1.82, 2.24) is 9.55 Å². The number of methoxy groups -OCH3 is 1. The van der Waals surface area contributed by atoms with E-state index in [-0.39, 0.29) is 5.56 Å². The molecule has 6 heteroatoms. The zero-order valence-electron chi connectivity index (χ0n) is 16.7. The van der Waals surface area contributed by atoms with Crippen LogP contribution in [-0.2, 0) is 0 Å². The van der Waals surface area contributed by atoms with E-state index in [0.717, 1.165) is 29.4 Å². The van der Waals surface area contributed by atoms with Gasteiger partial charge in [0.1, 0.15) is 0 Å². The number of thioether (sulfide) groups is 1. The Balaban J connectivity index is 1.51. The first-order valence-electron chi connectivity index (χ1n) is 9.74. The molecule has 1 heterocycles. The van der Waals surface area contributed by atoms with Crippen molar-refractivity contribution in [1.29, 1.82) is 0 Å². The lowest BCUT2D eigenvalue weighted by atomic mass is 10.2. The summed E-state index contributed by atoms with van der Waals surface area (Å²) in [6, 6.07) is 24.7. The van der Waals surface area contributed by atoms with Crippen molar-refractivity contribution in [3.63, 3.8) is 0 Å². The van der Waals surface area contributed by atoms with Gasteiger partial charge in [-0.2, -0.15) is 0 Å². The summed E-state index contributed by atoms with van der Waals surface area (Å²) in [4.78, 5) is 17.9. The number of hydrogen-bond acceptors (Lipinski definition) is 5. The highest BCUT2D eigenvalue weighted by Gasteiger charge is 2.13. The number of ether oxygens (including phenoxy) is 2. The molecule has 4 rings (SSSR count). The summed E-state index contributed by atoms with van der Waals surface area (Å²) in [6.45, 7) is 0.552. The molecule has 0 amide bonds. The minimum atomic E-state index is -0.0560. The zero-order valence-corrected chi connectivity index (χ0v) is 17.5. The lowest BCUT2D eigenvalue weighted by Crippen LogP contribution is -2.21. The van der Waals surface area contributed by atoms with Crippen LogP contribution in [0.5, 0.6) is 11.5 Å².